The largest absolute Gasteiger partial charge is 0.385 e. The van der Waals surface area contributed by atoms with Gasteiger partial charge in [0, 0.05) is 28.5 Å². The van der Waals surface area contributed by atoms with E-state index in [4.69, 9.17) is 11.6 Å². The van der Waals surface area contributed by atoms with Crippen molar-refractivity contribution in [3.8, 4) is 11.3 Å². The maximum atomic E-state index is 13.4. The number of imidazole rings is 1. The van der Waals surface area contributed by atoms with E-state index in [1.807, 2.05) is 37.5 Å². The van der Waals surface area contributed by atoms with E-state index in [1.165, 1.54) is 17.7 Å². The Kier molecular flexibility index (Phi) is 4.83. The van der Waals surface area contributed by atoms with E-state index in [-0.39, 0.29) is 17.2 Å². The third-order valence-corrected chi connectivity index (χ3v) is 7.61. The van der Waals surface area contributed by atoms with Crippen LogP contribution >= 0.6 is 11.6 Å². The third kappa shape index (κ3) is 3.33. The van der Waals surface area contributed by atoms with Crippen molar-refractivity contribution >= 4 is 17.7 Å². The van der Waals surface area contributed by atoms with Crippen molar-refractivity contribution in [2.24, 2.45) is 11.3 Å². The fourth-order valence-electron chi connectivity index (χ4n) is 5.68. The van der Waals surface area contributed by atoms with Gasteiger partial charge in [0.05, 0.1) is 23.3 Å². The van der Waals surface area contributed by atoms with Crippen molar-refractivity contribution < 1.29 is 9.50 Å². The van der Waals surface area contributed by atoms with Crippen molar-refractivity contribution in [3.63, 3.8) is 0 Å². The molecule has 1 saturated carbocycles. The molecule has 3 aromatic rings. The van der Waals surface area contributed by atoms with Gasteiger partial charge in [0.25, 0.3) is 0 Å². The molecule has 2 aromatic carbocycles. The Hall–Kier alpha value is -2.43. The second-order valence-corrected chi connectivity index (χ2v) is 9.74. The summed E-state index contributed by atoms with van der Waals surface area (Å²) >= 11 is 6.08. The molecule has 3 unspecified atom stereocenters. The van der Waals surface area contributed by atoms with Crippen LogP contribution in [0.15, 0.2) is 60.4 Å². The SMILES string of the molecule is CC12Cn3cnc(-c4ccc(F)cc4)c3C=C1CCCC2C(C)(O)c1ccc(Cl)cc1. The van der Waals surface area contributed by atoms with Gasteiger partial charge in [-0.3, -0.25) is 0 Å². The molecule has 1 aliphatic heterocycles. The molecular formula is C26H26ClFN2O. The van der Waals surface area contributed by atoms with E-state index in [0.29, 0.717) is 5.02 Å². The summed E-state index contributed by atoms with van der Waals surface area (Å²) in [4.78, 5) is 4.66. The second-order valence-electron chi connectivity index (χ2n) is 9.30. The van der Waals surface area contributed by atoms with Crippen LogP contribution in [0.3, 0.4) is 0 Å². The van der Waals surface area contributed by atoms with Crippen LogP contribution < -0.4 is 0 Å². The van der Waals surface area contributed by atoms with Gasteiger partial charge in [-0.25, -0.2) is 9.37 Å². The van der Waals surface area contributed by atoms with Crippen molar-refractivity contribution in [1.82, 2.24) is 9.55 Å². The minimum atomic E-state index is -0.975. The summed E-state index contributed by atoms with van der Waals surface area (Å²) in [5, 5.41) is 12.4. The molecule has 0 bridgehead atoms. The van der Waals surface area contributed by atoms with Crippen LogP contribution in [-0.2, 0) is 12.1 Å². The molecule has 0 radical (unpaired) electrons. The minimum Gasteiger partial charge on any atom is -0.385 e. The number of allylic oxidation sites excluding steroid dienone is 1. The molecule has 3 atom stereocenters. The van der Waals surface area contributed by atoms with Crippen molar-refractivity contribution in [2.75, 3.05) is 0 Å². The Morgan fingerprint density at radius 3 is 2.58 bits per heavy atom. The Balaban J connectivity index is 1.55. The summed E-state index contributed by atoms with van der Waals surface area (Å²) in [5.41, 5.74) is 3.94. The van der Waals surface area contributed by atoms with Crippen molar-refractivity contribution in [1.29, 1.82) is 0 Å². The van der Waals surface area contributed by atoms with E-state index in [9.17, 15) is 9.50 Å². The normalized spacial score (nSPS) is 24.7. The highest BCUT2D eigenvalue weighted by atomic mass is 35.5. The maximum Gasteiger partial charge on any atom is 0.123 e. The van der Waals surface area contributed by atoms with E-state index in [1.54, 1.807) is 12.1 Å². The summed E-state index contributed by atoms with van der Waals surface area (Å²) in [6.45, 7) is 4.97. The molecule has 1 aromatic heterocycles. The van der Waals surface area contributed by atoms with E-state index in [2.05, 4.69) is 22.6 Å². The zero-order valence-electron chi connectivity index (χ0n) is 17.8. The molecule has 1 N–H and O–H groups in total. The zero-order chi connectivity index (χ0) is 21.8. The van der Waals surface area contributed by atoms with Gasteiger partial charge in [0.2, 0.25) is 0 Å². The highest BCUT2D eigenvalue weighted by Crippen LogP contribution is 2.55. The Labute approximate surface area is 187 Å². The molecule has 1 fully saturated rings. The fourth-order valence-corrected chi connectivity index (χ4v) is 5.81. The van der Waals surface area contributed by atoms with Crippen LogP contribution in [0.4, 0.5) is 4.39 Å². The number of nitrogens with zero attached hydrogens (tertiary/aromatic N) is 2. The summed E-state index contributed by atoms with van der Waals surface area (Å²) < 4.78 is 15.6. The van der Waals surface area contributed by atoms with Crippen LogP contribution in [0, 0.1) is 17.2 Å². The zero-order valence-corrected chi connectivity index (χ0v) is 18.5. The first-order valence-corrected chi connectivity index (χ1v) is 11.2. The number of hydrogen-bond acceptors (Lipinski definition) is 2. The molecule has 0 amide bonds. The van der Waals surface area contributed by atoms with Crippen LogP contribution in [0.5, 0.6) is 0 Å². The quantitative estimate of drug-likeness (QED) is 0.512. The molecule has 5 heteroatoms. The Morgan fingerprint density at radius 1 is 1.16 bits per heavy atom. The monoisotopic (exact) mass is 436 g/mol. The second kappa shape index (κ2) is 7.32. The van der Waals surface area contributed by atoms with Crippen LogP contribution in [0.25, 0.3) is 17.3 Å². The van der Waals surface area contributed by atoms with Crippen LogP contribution in [0.1, 0.15) is 44.4 Å². The number of aromatic nitrogens is 2. The maximum absolute atomic E-state index is 13.4. The number of rotatable bonds is 3. The smallest absolute Gasteiger partial charge is 0.123 e. The first-order valence-electron chi connectivity index (χ1n) is 10.8. The van der Waals surface area contributed by atoms with Gasteiger partial charge in [-0.1, -0.05) is 36.2 Å². The van der Waals surface area contributed by atoms with E-state index >= 15 is 0 Å². The first-order chi connectivity index (χ1) is 14.8. The highest BCUT2D eigenvalue weighted by molar-refractivity contribution is 6.30. The lowest BCUT2D eigenvalue weighted by Crippen LogP contribution is -2.48. The molecule has 0 spiro atoms. The average Bonchev–Trinajstić information content (AvgIpc) is 3.14. The van der Waals surface area contributed by atoms with Crippen LogP contribution in [0.2, 0.25) is 5.02 Å². The average molecular weight is 437 g/mol. The standard InChI is InChI=1S/C26H26ClFN2O/c1-25-15-30-16-29-24(17-6-12-21(28)13-7-17)22(30)14-19(25)4-3-5-23(25)26(2,31)18-8-10-20(27)11-9-18/h6-14,16,23,31H,3-5,15H2,1-2H3. The molecule has 31 heavy (non-hydrogen) atoms. The summed E-state index contributed by atoms with van der Waals surface area (Å²) in [6, 6.07) is 14.1. The number of fused-ring (bicyclic) bond motifs is 2. The first kappa shape index (κ1) is 20.5. The third-order valence-electron chi connectivity index (χ3n) is 7.35. The van der Waals surface area contributed by atoms with Gasteiger partial charge in [-0.15, -0.1) is 0 Å². The van der Waals surface area contributed by atoms with Gasteiger partial charge in [-0.2, -0.15) is 0 Å². The molecule has 2 aliphatic rings. The summed E-state index contributed by atoms with van der Waals surface area (Å²) in [6.07, 6.45) is 7.13. The van der Waals surface area contributed by atoms with Gasteiger partial charge in [0.15, 0.2) is 0 Å². The number of hydrogen-bond donors (Lipinski definition) is 1. The number of benzene rings is 2. The van der Waals surface area contributed by atoms with Gasteiger partial charge >= 0.3 is 0 Å². The predicted octanol–water partition coefficient (Wildman–Crippen LogP) is 6.45. The van der Waals surface area contributed by atoms with Gasteiger partial charge < -0.3 is 9.67 Å². The molecular weight excluding hydrogens is 411 g/mol. The summed E-state index contributed by atoms with van der Waals surface area (Å²) in [5.74, 6) is -0.187. The number of halogens is 2. The van der Waals surface area contributed by atoms with E-state index < -0.39 is 5.60 Å². The van der Waals surface area contributed by atoms with E-state index in [0.717, 1.165) is 48.3 Å². The highest BCUT2D eigenvalue weighted by Gasteiger charge is 2.51. The minimum absolute atomic E-state index is 0.0611. The Bertz CT molecular complexity index is 1150. The van der Waals surface area contributed by atoms with Crippen LogP contribution in [-0.4, -0.2) is 14.7 Å². The molecule has 2 heterocycles. The molecule has 5 rings (SSSR count). The van der Waals surface area contributed by atoms with Gasteiger partial charge in [0.1, 0.15) is 5.82 Å². The molecule has 1 aliphatic carbocycles. The van der Waals surface area contributed by atoms with Crippen molar-refractivity contribution in [2.45, 2.75) is 45.3 Å². The van der Waals surface area contributed by atoms with Crippen molar-refractivity contribution in [3.05, 3.63) is 82.5 Å². The summed E-state index contributed by atoms with van der Waals surface area (Å²) in [7, 11) is 0. The van der Waals surface area contributed by atoms with Gasteiger partial charge in [-0.05, 0) is 74.2 Å². The molecule has 3 nitrogen and oxygen atoms in total. The topological polar surface area (TPSA) is 38.0 Å². The lowest BCUT2D eigenvalue weighted by atomic mass is 9.57. The molecule has 160 valence electrons. The lowest BCUT2D eigenvalue weighted by Gasteiger charge is -2.51. The number of aliphatic hydroxyl groups is 1. The fraction of sp³-hybridized carbons (Fsp3) is 0.346. The predicted molar refractivity (Wildman–Crippen MR) is 122 cm³/mol. The Morgan fingerprint density at radius 2 is 1.87 bits per heavy atom. The lowest BCUT2D eigenvalue weighted by molar-refractivity contribution is -0.0713. The molecule has 0 saturated heterocycles.